The van der Waals surface area contributed by atoms with E-state index in [4.69, 9.17) is 33.7 Å². The number of hydrogen-bond acceptors (Lipinski definition) is 6. The maximum atomic E-state index is 12.9. The van der Waals surface area contributed by atoms with E-state index in [-0.39, 0.29) is 44.9 Å². The zero-order chi connectivity index (χ0) is 20.5. The first-order chi connectivity index (χ1) is 13.2. The van der Waals surface area contributed by atoms with Gasteiger partial charge in [-0.1, -0.05) is 36.0 Å². The lowest BCUT2D eigenvalue weighted by atomic mass is 10.1. The van der Waals surface area contributed by atoms with Crippen molar-refractivity contribution in [3.63, 3.8) is 0 Å². The van der Waals surface area contributed by atoms with E-state index in [0.717, 1.165) is 25.7 Å². The van der Waals surface area contributed by atoms with Gasteiger partial charge >= 0.3 is 5.97 Å². The molecular weight excluding hydrogens is 427 g/mol. The van der Waals surface area contributed by atoms with Crippen molar-refractivity contribution in [3.05, 3.63) is 27.7 Å². The quantitative estimate of drug-likeness (QED) is 0.547. The molecule has 1 aliphatic heterocycles. The predicted octanol–water partition coefficient (Wildman–Crippen LogP) is 2.69. The van der Waals surface area contributed by atoms with Gasteiger partial charge < -0.3 is 15.4 Å². The van der Waals surface area contributed by atoms with Crippen molar-refractivity contribution in [1.29, 1.82) is 0 Å². The second-order valence-electron chi connectivity index (χ2n) is 7.22. The minimum atomic E-state index is -3.14. The van der Waals surface area contributed by atoms with E-state index < -0.39 is 28.3 Å². The average Bonchev–Trinajstić information content (AvgIpc) is 3.26. The highest BCUT2D eigenvalue weighted by atomic mass is 35.5. The molecule has 1 aliphatic carbocycles. The summed E-state index contributed by atoms with van der Waals surface area (Å²) in [6.07, 6.45) is 4.05. The highest BCUT2D eigenvalue weighted by molar-refractivity contribution is 7.91. The smallest absolute Gasteiger partial charge is 0.340 e. The normalized spacial score (nSPS) is 21.6. The van der Waals surface area contributed by atoms with E-state index in [2.05, 4.69) is 0 Å². The highest BCUT2D eigenvalue weighted by Gasteiger charge is 2.39. The van der Waals surface area contributed by atoms with Gasteiger partial charge in [0, 0.05) is 17.1 Å². The van der Waals surface area contributed by atoms with E-state index >= 15 is 0 Å². The molecule has 2 N–H and O–H groups in total. The van der Waals surface area contributed by atoms with Crippen LogP contribution in [0.3, 0.4) is 0 Å². The van der Waals surface area contributed by atoms with Crippen molar-refractivity contribution < 1.29 is 22.7 Å². The summed E-state index contributed by atoms with van der Waals surface area (Å²) < 4.78 is 28.9. The number of hydrogen-bond donors (Lipinski definition) is 1. The standard InChI is InChI=1S/C18H22Cl2N2O5S/c19-11-7-14(17(21)15(20)8-11)18(24)27-9-16(23)22(12-3-1-2-4-12)13-5-6-28(25,26)10-13/h7-8,12-13H,1-6,9-10,21H2. The molecule has 2 aliphatic rings. The fourth-order valence-electron chi connectivity index (χ4n) is 3.92. The number of carbonyl (C=O) groups is 2. The Morgan fingerprint density at radius 2 is 1.82 bits per heavy atom. The number of nitrogen functional groups attached to an aromatic ring is 1. The molecule has 1 amide bonds. The Bertz CT molecular complexity index is 884. The molecule has 0 spiro atoms. The van der Waals surface area contributed by atoms with Gasteiger partial charge in [-0.2, -0.15) is 0 Å². The molecule has 1 aromatic rings. The Morgan fingerprint density at radius 3 is 2.43 bits per heavy atom. The molecule has 1 heterocycles. The van der Waals surface area contributed by atoms with E-state index in [0.29, 0.717) is 6.42 Å². The Balaban J connectivity index is 1.71. The molecule has 1 saturated carbocycles. The number of halogens is 2. The molecule has 154 valence electrons. The number of nitrogens with zero attached hydrogens (tertiary/aromatic N) is 1. The molecule has 1 unspecified atom stereocenters. The molecule has 28 heavy (non-hydrogen) atoms. The van der Waals surface area contributed by atoms with Gasteiger partial charge in [0.05, 0.1) is 27.8 Å². The second-order valence-corrected chi connectivity index (χ2v) is 10.3. The van der Waals surface area contributed by atoms with Crippen molar-refractivity contribution in [1.82, 2.24) is 4.90 Å². The van der Waals surface area contributed by atoms with Crippen LogP contribution >= 0.6 is 23.2 Å². The van der Waals surface area contributed by atoms with Crippen LogP contribution in [0.1, 0.15) is 42.5 Å². The first kappa shape index (κ1) is 21.2. The summed E-state index contributed by atoms with van der Waals surface area (Å²) in [6.45, 7) is -0.491. The third kappa shape index (κ3) is 4.72. The maximum Gasteiger partial charge on any atom is 0.340 e. The molecule has 1 aromatic carbocycles. The average molecular weight is 449 g/mol. The Hall–Kier alpha value is -1.51. The maximum absolute atomic E-state index is 12.9. The van der Waals surface area contributed by atoms with Gasteiger partial charge in [-0.05, 0) is 31.4 Å². The summed E-state index contributed by atoms with van der Waals surface area (Å²) in [6, 6.07) is 2.34. The van der Waals surface area contributed by atoms with Crippen molar-refractivity contribution in [3.8, 4) is 0 Å². The van der Waals surface area contributed by atoms with Crippen molar-refractivity contribution in [2.45, 2.75) is 44.2 Å². The van der Waals surface area contributed by atoms with E-state index in [1.54, 1.807) is 4.90 Å². The van der Waals surface area contributed by atoms with Crippen LogP contribution in [0.25, 0.3) is 0 Å². The minimum absolute atomic E-state index is 0.0128. The van der Waals surface area contributed by atoms with Crippen LogP contribution in [0.5, 0.6) is 0 Å². The Labute approximate surface area is 174 Å². The molecule has 1 atom stereocenters. The van der Waals surface area contributed by atoms with Crippen LogP contribution in [0.2, 0.25) is 10.0 Å². The van der Waals surface area contributed by atoms with Gasteiger partial charge in [-0.15, -0.1) is 0 Å². The summed E-state index contributed by atoms with van der Waals surface area (Å²) in [4.78, 5) is 26.8. The van der Waals surface area contributed by atoms with Crippen molar-refractivity contribution >= 4 is 50.6 Å². The van der Waals surface area contributed by atoms with Gasteiger partial charge in [0.2, 0.25) is 0 Å². The Morgan fingerprint density at radius 1 is 1.14 bits per heavy atom. The lowest BCUT2D eigenvalue weighted by Gasteiger charge is -2.33. The molecule has 0 bridgehead atoms. The van der Waals surface area contributed by atoms with Crippen LogP contribution in [0.4, 0.5) is 5.69 Å². The zero-order valence-electron chi connectivity index (χ0n) is 15.2. The van der Waals surface area contributed by atoms with Gasteiger partial charge in [0.1, 0.15) is 0 Å². The summed E-state index contributed by atoms with van der Waals surface area (Å²) in [5.41, 5.74) is 5.81. The summed E-state index contributed by atoms with van der Waals surface area (Å²) in [5, 5.41) is 0.343. The topological polar surface area (TPSA) is 107 Å². The summed E-state index contributed by atoms with van der Waals surface area (Å²) >= 11 is 11.8. The first-order valence-electron chi connectivity index (χ1n) is 9.11. The van der Waals surface area contributed by atoms with Gasteiger partial charge in [-0.25, -0.2) is 13.2 Å². The predicted molar refractivity (Wildman–Crippen MR) is 107 cm³/mol. The lowest BCUT2D eigenvalue weighted by molar-refractivity contribution is -0.139. The summed E-state index contributed by atoms with van der Waals surface area (Å²) in [7, 11) is -3.14. The largest absolute Gasteiger partial charge is 0.452 e. The monoisotopic (exact) mass is 448 g/mol. The van der Waals surface area contributed by atoms with Crippen LogP contribution in [0.15, 0.2) is 12.1 Å². The molecule has 10 heteroatoms. The SMILES string of the molecule is Nc1c(Cl)cc(Cl)cc1C(=O)OCC(=O)N(C1CCCC1)C1CCS(=O)(=O)C1. The Kier molecular flexibility index (Phi) is 6.41. The number of benzene rings is 1. The van der Waals surface area contributed by atoms with Gasteiger partial charge in [-0.3, -0.25) is 4.79 Å². The van der Waals surface area contributed by atoms with Crippen LogP contribution in [0, 0.1) is 0 Å². The van der Waals surface area contributed by atoms with Crippen LogP contribution in [-0.2, 0) is 19.4 Å². The van der Waals surface area contributed by atoms with E-state index in [1.165, 1.54) is 12.1 Å². The van der Waals surface area contributed by atoms with Gasteiger partial charge in [0.25, 0.3) is 5.91 Å². The number of sulfone groups is 1. The number of nitrogens with two attached hydrogens (primary N) is 1. The molecule has 7 nitrogen and oxygen atoms in total. The lowest BCUT2D eigenvalue weighted by Crippen LogP contribution is -2.48. The molecule has 1 saturated heterocycles. The van der Waals surface area contributed by atoms with Gasteiger partial charge in [0.15, 0.2) is 16.4 Å². The number of anilines is 1. The van der Waals surface area contributed by atoms with Crippen LogP contribution < -0.4 is 5.73 Å². The molecule has 0 radical (unpaired) electrons. The van der Waals surface area contributed by atoms with Crippen molar-refractivity contribution in [2.75, 3.05) is 23.8 Å². The third-order valence-electron chi connectivity index (χ3n) is 5.25. The highest BCUT2D eigenvalue weighted by Crippen LogP contribution is 2.30. The molecule has 0 aromatic heterocycles. The van der Waals surface area contributed by atoms with Crippen molar-refractivity contribution in [2.24, 2.45) is 0 Å². The third-order valence-corrected chi connectivity index (χ3v) is 7.53. The van der Waals surface area contributed by atoms with E-state index in [9.17, 15) is 18.0 Å². The fourth-order valence-corrected chi connectivity index (χ4v) is 6.12. The first-order valence-corrected chi connectivity index (χ1v) is 11.7. The second kappa shape index (κ2) is 8.47. The number of ether oxygens (including phenoxy) is 1. The fraction of sp³-hybridized carbons (Fsp3) is 0.556. The van der Waals surface area contributed by atoms with E-state index in [1.807, 2.05) is 0 Å². The number of esters is 1. The molecule has 3 rings (SSSR count). The number of amides is 1. The minimum Gasteiger partial charge on any atom is -0.452 e. The molecule has 2 fully saturated rings. The summed E-state index contributed by atoms with van der Waals surface area (Å²) in [5.74, 6) is -1.17. The number of carbonyl (C=O) groups excluding carboxylic acids is 2. The zero-order valence-corrected chi connectivity index (χ0v) is 17.5. The van der Waals surface area contributed by atoms with Crippen LogP contribution in [-0.4, -0.2) is 55.4 Å². The molecular formula is C18H22Cl2N2O5S. The number of rotatable bonds is 5.